The van der Waals surface area contributed by atoms with E-state index in [0.717, 1.165) is 13.0 Å². The number of rotatable bonds is 6. The fourth-order valence-corrected chi connectivity index (χ4v) is 2.30. The quantitative estimate of drug-likeness (QED) is 0.745. The van der Waals surface area contributed by atoms with Crippen molar-refractivity contribution in [1.82, 2.24) is 14.8 Å². The summed E-state index contributed by atoms with van der Waals surface area (Å²) in [5.74, 6) is 0. The van der Waals surface area contributed by atoms with E-state index >= 15 is 0 Å². The molecule has 1 aromatic rings. The Morgan fingerprint density at radius 2 is 1.88 bits per heavy atom. The fourth-order valence-electron chi connectivity index (χ4n) is 2.30. The summed E-state index contributed by atoms with van der Waals surface area (Å²) >= 11 is 0. The molecule has 0 amide bonds. The standard InChI is InChI=1S/C14H23N3/c1-16(12-13-17-9-2-3-10-17)11-6-14-4-7-15-8-5-14/h4-5,7-8H,2-3,6,9-13H2,1H3. The van der Waals surface area contributed by atoms with Crippen LogP contribution in [-0.4, -0.2) is 54.6 Å². The van der Waals surface area contributed by atoms with Crippen LogP contribution < -0.4 is 0 Å². The summed E-state index contributed by atoms with van der Waals surface area (Å²) in [6, 6.07) is 4.21. The van der Waals surface area contributed by atoms with Crippen molar-refractivity contribution in [2.75, 3.05) is 39.8 Å². The van der Waals surface area contributed by atoms with Gasteiger partial charge in [0.2, 0.25) is 0 Å². The number of hydrogen-bond acceptors (Lipinski definition) is 3. The number of likely N-dealkylation sites (tertiary alicyclic amines) is 1. The number of likely N-dealkylation sites (N-methyl/N-ethyl adjacent to an activating group) is 1. The van der Waals surface area contributed by atoms with E-state index in [1.54, 1.807) is 0 Å². The Morgan fingerprint density at radius 3 is 2.59 bits per heavy atom. The molecule has 1 fully saturated rings. The molecule has 3 heteroatoms. The van der Waals surface area contributed by atoms with Crippen molar-refractivity contribution in [3.8, 4) is 0 Å². The van der Waals surface area contributed by atoms with Gasteiger partial charge in [-0.15, -0.1) is 0 Å². The Labute approximate surface area is 104 Å². The number of nitrogens with zero attached hydrogens (tertiary/aromatic N) is 3. The van der Waals surface area contributed by atoms with Crippen LogP contribution in [0.15, 0.2) is 24.5 Å². The van der Waals surface area contributed by atoms with E-state index in [1.807, 2.05) is 12.4 Å². The molecule has 0 saturated carbocycles. The van der Waals surface area contributed by atoms with Crippen LogP contribution in [0, 0.1) is 0 Å². The second-order valence-corrected chi connectivity index (χ2v) is 4.96. The summed E-state index contributed by atoms with van der Waals surface area (Å²) in [5.41, 5.74) is 1.38. The first kappa shape index (κ1) is 12.5. The minimum absolute atomic E-state index is 1.12. The van der Waals surface area contributed by atoms with E-state index in [1.165, 1.54) is 44.6 Å². The zero-order valence-corrected chi connectivity index (χ0v) is 10.8. The van der Waals surface area contributed by atoms with Gasteiger partial charge in [0.25, 0.3) is 0 Å². The van der Waals surface area contributed by atoms with Gasteiger partial charge in [-0.25, -0.2) is 0 Å². The molecule has 0 aliphatic carbocycles. The van der Waals surface area contributed by atoms with Gasteiger partial charge in [-0.05, 0) is 57.1 Å². The normalized spacial score (nSPS) is 16.8. The lowest BCUT2D eigenvalue weighted by Gasteiger charge is -2.21. The third-order valence-corrected chi connectivity index (χ3v) is 3.53. The van der Waals surface area contributed by atoms with Gasteiger partial charge in [0, 0.05) is 32.0 Å². The summed E-state index contributed by atoms with van der Waals surface area (Å²) in [4.78, 5) is 9.04. The first-order valence-corrected chi connectivity index (χ1v) is 6.64. The molecule has 0 bridgehead atoms. The minimum atomic E-state index is 1.12. The highest BCUT2D eigenvalue weighted by atomic mass is 15.2. The van der Waals surface area contributed by atoms with Crippen LogP contribution >= 0.6 is 0 Å². The van der Waals surface area contributed by atoms with E-state index in [0.29, 0.717) is 0 Å². The molecule has 94 valence electrons. The predicted octanol–water partition coefficient (Wildman–Crippen LogP) is 1.65. The van der Waals surface area contributed by atoms with E-state index < -0.39 is 0 Å². The topological polar surface area (TPSA) is 19.4 Å². The zero-order chi connectivity index (χ0) is 11.9. The van der Waals surface area contributed by atoms with Crippen LogP contribution in [0.25, 0.3) is 0 Å². The lowest BCUT2D eigenvalue weighted by molar-refractivity contribution is 0.259. The molecule has 0 aromatic carbocycles. The number of aromatic nitrogens is 1. The number of pyridine rings is 1. The van der Waals surface area contributed by atoms with Crippen molar-refractivity contribution in [1.29, 1.82) is 0 Å². The van der Waals surface area contributed by atoms with Gasteiger partial charge in [-0.3, -0.25) is 4.98 Å². The summed E-state index contributed by atoms with van der Waals surface area (Å²) in [6.45, 7) is 6.16. The summed E-state index contributed by atoms with van der Waals surface area (Å²) in [6.07, 6.45) is 7.65. The SMILES string of the molecule is CN(CCc1ccncc1)CCN1CCCC1. The molecule has 0 unspecified atom stereocenters. The maximum absolute atomic E-state index is 4.04. The average molecular weight is 233 g/mol. The average Bonchev–Trinajstić information content (AvgIpc) is 2.88. The molecule has 0 atom stereocenters. The highest BCUT2D eigenvalue weighted by molar-refractivity contribution is 5.09. The highest BCUT2D eigenvalue weighted by Crippen LogP contribution is 2.06. The summed E-state index contributed by atoms with van der Waals surface area (Å²) in [7, 11) is 2.22. The van der Waals surface area contributed by atoms with Crippen molar-refractivity contribution in [2.45, 2.75) is 19.3 Å². The van der Waals surface area contributed by atoms with Gasteiger partial charge < -0.3 is 9.80 Å². The molecular weight excluding hydrogens is 210 g/mol. The third kappa shape index (κ3) is 4.44. The zero-order valence-electron chi connectivity index (χ0n) is 10.8. The molecule has 1 saturated heterocycles. The Balaban J connectivity index is 1.62. The minimum Gasteiger partial charge on any atom is -0.305 e. The second-order valence-electron chi connectivity index (χ2n) is 4.96. The first-order valence-electron chi connectivity index (χ1n) is 6.64. The van der Waals surface area contributed by atoms with Gasteiger partial charge in [0.1, 0.15) is 0 Å². The maximum atomic E-state index is 4.04. The molecule has 17 heavy (non-hydrogen) atoms. The Morgan fingerprint density at radius 1 is 1.18 bits per heavy atom. The van der Waals surface area contributed by atoms with Gasteiger partial charge in [0.15, 0.2) is 0 Å². The third-order valence-electron chi connectivity index (χ3n) is 3.53. The molecule has 0 N–H and O–H groups in total. The van der Waals surface area contributed by atoms with Gasteiger partial charge in [0.05, 0.1) is 0 Å². The summed E-state index contributed by atoms with van der Waals surface area (Å²) < 4.78 is 0. The maximum Gasteiger partial charge on any atom is 0.0270 e. The largest absolute Gasteiger partial charge is 0.305 e. The molecule has 0 radical (unpaired) electrons. The van der Waals surface area contributed by atoms with Gasteiger partial charge in [-0.1, -0.05) is 0 Å². The molecule has 3 nitrogen and oxygen atoms in total. The van der Waals surface area contributed by atoms with E-state index in [2.05, 4.69) is 34.0 Å². The molecule has 1 aliphatic rings. The molecular formula is C14H23N3. The van der Waals surface area contributed by atoms with Crippen molar-refractivity contribution in [2.24, 2.45) is 0 Å². The van der Waals surface area contributed by atoms with Crippen LogP contribution in [0.5, 0.6) is 0 Å². The van der Waals surface area contributed by atoms with Crippen LogP contribution in [-0.2, 0) is 6.42 Å². The van der Waals surface area contributed by atoms with Crippen LogP contribution in [0.1, 0.15) is 18.4 Å². The van der Waals surface area contributed by atoms with Crippen molar-refractivity contribution in [3.05, 3.63) is 30.1 Å². The lowest BCUT2D eigenvalue weighted by Crippen LogP contribution is -2.32. The van der Waals surface area contributed by atoms with E-state index in [4.69, 9.17) is 0 Å². The van der Waals surface area contributed by atoms with Crippen LogP contribution in [0.4, 0.5) is 0 Å². The van der Waals surface area contributed by atoms with Crippen LogP contribution in [0.3, 0.4) is 0 Å². The fraction of sp³-hybridized carbons (Fsp3) is 0.643. The van der Waals surface area contributed by atoms with Crippen LogP contribution in [0.2, 0.25) is 0 Å². The Hall–Kier alpha value is -0.930. The van der Waals surface area contributed by atoms with E-state index in [-0.39, 0.29) is 0 Å². The van der Waals surface area contributed by atoms with Crippen molar-refractivity contribution >= 4 is 0 Å². The Kier molecular flexibility index (Phi) is 4.95. The molecule has 0 spiro atoms. The number of hydrogen-bond donors (Lipinski definition) is 0. The van der Waals surface area contributed by atoms with Gasteiger partial charge in [-0.2, -0.15) is 0 Å². The molecule has 2 heterocycles. The molecule has 2 rings (SSSR count). The van der Waals surface area contributed by atoms with E-state index in [9.17, 15) is 0 Å². The molecule has 1 aromatic heterocycles. The lowest BCUT2D eigenvalue weighted by atomic mass is 10.2. The monoisotopic (exact) mass is 233 g/mol. The summed E-state index contributed by atoms with van der Waals surface area (Å²) in [5, 5.41) is 0. The Bertz CT molecular complexity index is 307. The first-order chi connectivity index (χ1) is 8.34. The molecule has 1 aliphatic heterocycles. The van der Waals surface area contributed by atoms with Crippen molar-refractivity contribution < 1.29 is 0 Å². The predicted molar refractivity (Wildman–Crippen MR) is 71.1 cm³/mol. The van der Waals surface area contributed by atoms with Crippen molar-refractivity contribution in [3.63, 3.8) is 0 Å². The smallest absolute Gasteiger partial charge is 0.0270 e. The van der Waals surface area contributed by atoms with Gasteiger partial charge >= 0.3 is 0 Å². The highest BCUT2D eigenvalue weighted by Gasteiger charge is 2.11. The second kappa shape index (κ2) is 6.72.